The van der Waals surface area contributed by atoms with E-state index >= 15 is 0 Å². The number of carbonyl (C=O) groups is 1. The number of nitrogens with zero attached hydrogens (tertiary/aromatic N) is 2. The number of Topliss-reactive ketones (excluding diaryl/α,β-unsaturated/α-hetero) is 1. The molecular formula is C13H11BrN2O2. The first-order valence-electron chi connectivity index (χ1n) is 5.38. The summed E-state index contributed by atoms with van der Waals surface area (Å²) >= 11 is 3.31. The van der Waals surface area contributed by atoms with Crippen LogP contribution in [0.1, 0.15) is 15.9 Å². The molecule has 0 saturated carbocycles. The van der Waals surface area contributed by atoms with Gasteiger partial charge in [-0.25, -0.2) is 9.78 Å². The lowest BCUT2D eigenvalue weighted by Gasteiger charge is -2.05. The molecule has 0 fully saturated rings. The molecule has 5 heteroatoms. The molecule has 1 heterocycles. The summed E-state index contributed by atoms with van der Waals surface area (Å²) in [6.07, 6.45) is 3.12. The van der Waals surface area contributed by atoms with Crippen LogP contribution < -0.4 is 5.69 Å². The lowest BCUT2D eigenvalue weighted by molar-refractivity contribution is 0.0970. The van der Waals surface area contributed by atoms with Crippen LogP contribution in [0, 0.1) is 6.92 Å². The highest BCUT2D eigenvalue weighted by Crippen LogP contribution is 2.12. The molecule has 0 saturated heterocycles. The highest BCUT2D eigenvalue weighted by Gasteiger charge is 2.08. The molecule has 92 valence electrons. The Bertz CT molecular complexity index is 649. The summed E-state index contributed by atoms with van der Waals surface area (Å²) in [7, 11) is 0. The van der Waals surface area contributed by atoms with Crippen molar-refractivity contribution in [2.75, 3.05) is 0 Å². The lowest BCUT2D eigenvalue weighted by Crippen LogP contribution is -2.26. The van der Waals surface area contributed by atoms with E-state index in [-0.39, 0.29) is 12.3 Å². The van der Waals surface area contributed by atoms with Crippen LogP contribution >= 0.6 is 15.9 Å². The second kappa shape index (κ2) is 5.27. The first-order chi connectivity index (χ1) is 8.56. The minimum Gasteiger partial charge on any atom is -0.292 e. The van der Waals surface area contributed by atoms with Gasteiger partial charge < -0.3 is 0 Å². The van der Waals surface area contributed by atoms with Crippen molar-refractivity contribution < 1.29 is 4.79 Å². The van der Waals surface area contributed by atoms with Crippen molar-refractivity contribution in [1.29, 1.82) is 0 Å². The third-order valence-corrected chi connectivity index (χ3v) is 2.94. The Morgan fingerprint density at radius 3 is 2.94 bits per heavy atom. The van der Waals surface area contributed by atoms with Crippen LogP contribution in [0.3, 0.4) is 0 Å². The SMILES string of the molecule is Cc1cnc(=O)n(CC(=O)c2cccc(Br)c2)c1. The minimum absolute atomic E-state index is 0.00394. The van der Waals surface area contributed by atoms with Crippen LogP contribution in [0.4, 0.5) is 0 Å². The van der Waals surface area contributed by atoms with Crippen LogP contribution in [0.5, 0.6) is 0 Å². The van der Waals surface area contributed by atoms with E-state index in [4.69, 9.17) is 0 Å². The van der Waals surface area contributed by atoms with E-state index in [1.165, 1.54) is 10.8 Å². The second-order valence-electron chi connectivity index (χ2n) is 3.98. The van der Waals surface area contributed by atoms with E-state index in [1.807, 2.05) is 13.0 Å². The van der Waals surface area contributed by atoms with E-state index < -0.39 is 5.69 Å². The molecule has 0 atom stereocenters. The number of hydrogen-bond donors (Lipinski definition) is 0. The predicted octanol–water partition coefficient (Wildman–Crippen LogP) is 2.20. The molecule has 2 aromatic rings. The minimum atomic E-state index is -0.413. The van der Waals surface area contributed by atoms with Crippen molar-refractivity contribution in [2.24, 2.45) is 0 Å². The van der Waals surface area contributed by atoms with E-state index in [0.717, 1.165) is 10.0 Å². The zero-order valence-corrected chi connectivity index (χ0v) is 11.3. The average Bonchev–Trinajstić information content (AvgIpc) is 2.34. The van der Waals surface area contributed by atoms with Crippen LogP contribution in [0.2, 0.25) is 0 Å². The Kier molecular flexibility index (Phi) is 3.72. The standard InChI is InChI=1S/C13H11BrN2O2/c1-9-6-15-13(18)16(7-9)8-12(17)10-3-2-4-11(14)5-10/h2-7H,8H2,1H3. The summed E-state index contributed by atoms with van der Waals surface area (Å²) in [5, 5.41) is 0. The number of hydrogen-bond acceptors (Lipinski definition) is 3. The number of carbonyl (C=O) groups excluding carboxylic acids is 1. The molecule has 18 heavy (non-hydrogen) atoms. The van der Waals surface area contributed by atoms with Crippen LogP contribution in [-0.4, -0.2) is 15.3 Å². The Morgan fingerprint density at radius 1 is 1.44 bits per heavy atom. The monoisotopic (exact) mass is 306 g/mol. The topological polar surface area (TPSA) is 52.0 Å². The first kappa shape index (κ1) is 12.7. The highest BCUT2D eigenvalue weighted by molar-refractivity contribution is 9.10. The predicted molar refractivity (Wildman–Crippen MR) is 71.7 cm³/mol. The summed E-state index contributed by atoms with van der Waals surface area (Å²) in [6.45, 7) is 1.83. The van der Waals surface area contributed by atoms with Crippen LogP contribution in [0.15, 0.2) is 45.9 Å². The first-order valence-corrected chi connectivity index (χ1v) is 6.17. The maximum Gasteiger partial charge on any atom is 0.347 e. The summed E-state index contributed by atoms with van der Waals surface area (Å²) in [5.41, 5.74) is 0.998. The maximum atomic E-state index is 12.0. The summed E-state index contributed by atoms with van der Waals surface area (Å²) in [6, 6.07) is 7.09. The quantitative estimate of drug-likeness (QED) is 0.817. The van der Waals surface area contributed by atoms with Gasteiger partial charge in [0.2, 0.25) is 0 Å². The van der Waals surface area contributed by atoms with Gasteiger partial charge in [0.1, 0.15) is 0 Å². The van der Waals surface area contributed by atoms with Crippen LogP contribution in [-0.2, 0) is 6.54 Å². The molecule has 0 bridgehead atoms. The van der Waals surface area contributed by atoms with Crippen molar-refractivity contribution in [3.63, 3.8) is 0 Å². The Morgan fingerprint density at radius 2 is 2.22 bits per heavy atom. The van der Waals surface area contributed by atoms with Crippen molar-refractivity contribution in [2.45, 2.75) is 13.5 Å². The van der Waals surface area contributed by atoms with Gasteiger partial charge in [-0.15, -0.1) is 0 Å². The van der Waals surface area contributed by atoms with Gasteiger partial charge in [0.25, 0.3) is 0 Å². The van der Waals surface area contributed by atoms with Gasteiger partial charge in [-0.05, 0) is 24.6 Å². The van der Waals surface area contributed by atoms with Gasteiger partial charge in [0.15, 0.2) is 5.78 Å². The van der Waals surface area contributed by atoms with Crippen molar-refractivity contribution in [1.82, 2.24) is 9.55 Å². The molecule has 0 N–H and O–H groups in total. The summed E-state index contributed by atoms with van der Waals surface area (Å²) in [4.78, 5) is 27.2. The van der Waals surface area contributed by atoms with Gasteiger partial charge in [-0.3, -0.25) is 9.36 Å². The molecule has 1 aromatic heterocycles. The highest BCUT2D eigenvalue weighted by atomic mass is 79.9. The van der Waals surface area contributed by atoms with E-state index in [2.05, 4.69) is 20.9 Å². The molecule has 0 aliphatic rings. The van der Waals surface area contributed by atoms with Crippen LogP contribution in [0.25, 0.3) is 0 Å². The zero-order chi connectivity index (χ0) is 13.1. The number of aromatic nitrogens is 2. The number of rotatable bonds is 3. The molecule has 0 aliphatic carbocycles. The number of aryl methyl sites for hydroxylation is 1. The summed E-state index contributed by atoms with van der Waals surface area (Å²) in [5.74, 6) is -0.120. The summed E-state index contributed by atoms with van der Waals surface area (Å²) < 4.78 is 2.15. The fraction of sp³-hybridized carbons (Fsp3) is 0.154. The lowest BCUT2D eigenvalue weighted by atomic mass is 10.1. The van der Waals surface area contributed by atoms with Gasteiger partial charge >= 0.3 is 5.69 Å². The van der Waals surface area contributed by atoms with Crippen molar-refractivity contribution >= 4 is 21.7 Å². The molecule has 4 nitrogen and oxygen atoms in total. The Balaban J connectivity index is 2.27. The smallest absolute Gasteiger partial charge is 0.292 e. The van der Waals surface area contributed by atoms with E-state index in [1.54, 1.807) is 24.4 Å². The van der Waals surface area contributed by atoms with Gasteiger partial charge in [0.05, 0.1) is 6.54 Å². The molecule has 0 unspecified atom stereocenters. The van der Waals surface area contributed by atoms with Gasteiger partial charge in [-0.1, -0.05) is 28.1 Å². The molecular weight excluding hydrogens is 296 g/mol. The molecule has 0 aliphatic heterocycles. The van der Waals surface area contributed by atoms with E-state index in [9.17, 15) is 9.59 Å². The fourth-order valence-electron chi connectivity index (χ4n) is 1.59. The van der Waals surface area contributed by atoms with Gasteiger partial charge in [0, 0.05) is 22.4 Å². The normalized spacial score (nSPS) is 10.3. The third kappa shape index (κ3) is 2.92. The Hall–Kier alpha value is -1.75. The number of benzene rings is 1. The van der Waals surface area contributed by atoms with Crippen molar-refractivity contribution in [3.8, 4) is 0 Å². The molecule has 0 amide bonds. The molecule has 2 rings (SSSR count). The van der Waals surface area contributed by atoms with Crippen molar-refractivity contribution in [3.05, 3.63) is 62.7 Å². The largest absolute Gasteiger partial charge is 0.347 e. The fourth-order valence-corrected chi connectivity index (χ4v) is 1.99. The second-order valence-corrected chi connectivity index (χ2v) is 4.89. The zero-order valence-electron chi connectivity index (χ0n) is 9.76. The average molecular weight is 307 g/mol. The van der Waals surface area contributed by atoms with Gasteiger partial charge in [-0.2, -0.15) is 0 Å². The third-order valence-electron chi connectivity index (χ3n) is 2.44. The molecule has 0 spiro atoms. The maximum absolute atomic E-state index is 12.0. The molecule has 0 radical (unpaired) electrons. The molecule has 1 aromatic carbocycles. The Labute approximate surface area is 112 Å². The number of halogens is 1. The number of ketones is 1. The van der Waals surface area contributed by atoms with E-state index in [0.29, 0.717) is 5.56 Å².